The van der Waals surface area contributed by atoms with Crippen molar-refractivity contribution in [3.63, 3.8) is 0 Å². The Morgan fingerprint density at radius 3 is 3.00 bits per heavy atom. The van der Waals surface area contributed by atoms with E-state index in [-0.39, 0.29) is 5.76 Å². The third-order valence-electron chi connectivity index (χ3n) is 0.533. The normalized spacial score (nSPS) is 16.1. The molecule has 4 heteroatoms. The van der Waals surface area contributed by atoms with Gasteiger partial charge in [-0.2, -0.15) is 5.26 Å². The number of nitrogens with one attached hydrogen (secondary N) is 2. The van der Waals surface area contributed by atoms with Crippen molar-refractivity contribution in [1.29, 1.82) is 5.26 Å². The van der Waals surface area contributed by atoms with Gasteiger partial charge in [-0.05, 0) is 0 Å². The first-order valence-corrected chi connectivity index (χ1v) is 1.71. The Morgan fingerprint density at radius 2 is 2.71 bits per heavy atom. The van der Waals surface area contributed by atoms with Crippen LogP contribution in [-0.4, -0.2) is 0 Å². The van der Waals surface area contributed by atoms with E-state index in [4.69, 9.17) is 5.26 Å². The molecule has 0 spiro atoms. The number of rotatable bonds is 0. The first kappa shape index (κ1) is 3.96. The summed E-state index contributed by atoms with van der Waals surface area (Å²) in [5.41, 5.74) is 4.72. The molecule has 0 aromatic rings. The molecule has 0 atom stereocenters. The van der Waals surface area contributed by atoms with E-state index in [1.807, 2.05) is 0 Å². The van der Waals surface area contributed by atoms with Gasteiger partial charge in [-0.25, -0.2) is 0 Å². The highest BCUT2D eigenvalue weighted by Gasteiger charge is 1.99. The highest BCUT2D eigenvalue weighted by atomic mass is 16.7. The van der Waals surface area contributed by atoms with Crippen LogP contribution in [0, 0.1) is 11.3 Å². The number of hydrazine groups is 1. The molecule has 36 valence electrons. The Hall–Kier alpha value is -1.21. The molecule has 2 N–H and O–H groups in total. The molecule has 4 nitrogen and oxygen atoms in total. The van der Waals surface area contributed by atoms with Gasteiger partial charge in [0.1, 0.15) is 6.07 Å². The van der Waals surface area contributed by atoms with Crippen molar-refractivity contribution in [2.45, 2.75) is 0 Å². The second-order valence-electron chi connectivity index (χ2n) is 0.969. The molecule has 1 rings (SSSR count). The maximum absolute atomic E-state index is 8.04. The van der Waals surface area contributed by atoms with Crippen LogP contribution in [0.5, 0.6) is 0 Å². The molecule has 1 heterocycles. The van der Waals surface area contributed by atoms with Gasteiger partial charge in [0.2, 0.25) is 5.76 Å². The van der Waals surface area contributed by atoms with Gasteiger partial charge in [-0.3, -0.25) is 5.43 Å². The predicted molar refractivity (Wildman–Crippen MR) is 21.1 cm³/mol. The molecule has 0 saturated heterocycles. The summed E-state index contributed by atoms with van der Waals surface area (Å²) in [5, 5.41) is 8.04. The summed E-state index contributed by atoms with van der Waals surface area (Å²) in [6.07, 6.45) is 1.43. The van der Waals surface area contributed by atoms with Gasteiger partial charge in [-0.1, -0.05) is 5.59 Å². The van der Waals surface area contributed by atoms with Gasteiger partial charge >= 0.3 is 0 Å². The molecule has 0 bridgehead atoms. The van der Waals surface area contributed by atoms with E-state index in [9.17, 15) is 0 Å². The molecule has 0 aliphatic carbocycles. The molecule has 1 aliphatic heterocycles. The predicted octanol–water partition coefficient (Wildman–Crippen LogP) is -0.609. The van der Waals surface area contributed by atoms with Crippen LogP contribution in [0.25, 0.3) is 0 Å². The largest absolute Gasteiger partial charge is 0.376 e. The molecule has 0 fully saturated rings. The number of nitrogens with zero attached hydrogens (tertiary/aromatic N) is 1. The van der Waals surface area contributed by atoms with Crippen molar-refractivity contribution < 1.29 is 4.84 Å². The van der Waals surface area contributed by atoms with Crippen LogP contribution < -0.4 is 11.0 Å². The average molecular weight is 97.1 g/mol. The highest BCUT2D eigenvalue weighted by molar-refractivity contribution is 5.12. The Balaban J connectivity index is 2.57. The second-order valence-corrected chi connectivity index (χ2v) is 0.969. The average Bonchev–Trinajstić information content (AvgIpc) is 2.14. The van der Waals surface area contributed by atoms with Crippen molar-refractivity contribution >= 4 is 0 Å². The van der Waals surface area contributed by atoms with Crippen LogP contribution in [0.4, 0.5) is 0 Å². The molecular formula is C3H3N3O. The smallest absolute Gasteiger partial charge is 0.243 e. The van der Waals surface area contributed by atoms with Crippen LogP contribution >= 0.6 is 0 Å². The van der Waals surface area contributed by atoms with Gasteiger partial charge < -0.3 is 4.84 Å². The molecule has 0 saturated carbocycles. The molecule has 0 amide bonds. The van der Waals surface area contributed by atoms with Gasteiger partial charge in [-0.15, -0.1) is 0 Å². The van der Waals surface area contributed by atoms with Crippen molar-refractivity contribution in [2.75, 3.05) is 0 Å². The standard InChI is InChI=1S/C3H3N3O/c4-1-3-2-5-6-7-3/h2,5-6H. The number of hydrogen-bond donors (Lipinski definition) is 2. The third kappa shape index (κ3) is 0.614. The van der Waals surface area contributed by atoms with Crippen LogP contribution in [0.15, 0.2) is 12.0 Å². The number of hydrogen-bond acceptors (Lipinski definition) is 4. The Morgan fingerprint density at radius 1 is 1.86 bits per heavy atom. The molecule has 0 unspecified atom stereocenters. The minimum absolute atomic E-state index is 0.250. The van der Waals surface area contributed by atoms with Crippen LogP contribution in [0.1, 0.15) is 0 Å². The van der Waals surface area contributed by atoms with Crippen LogP contribution in [0.2, 0.25) is 0 Å². The fraction of sp³-hybridized carbons (Fsp3) is 0. The maximum atomic E-state index is 8.04. The Bertz CT molecular complexity index is 134. The fourth-order valence-corrected chi connectivity index (χ4v) is 0.264. The lowest BCUT2D eigenvalue weighted by atomic mass is 10.6. The van der Waals surface area contributed by atoms with Crippen LogP contribution in [0.3, 0.4) is 0 Å². The summed E-state index contributed by atoms with van der Waals surface area (Å²) in [4.78, 5) is 4.44. The summed E-state index contributed by atoms with van der Waals surface area (Å²) in [6.45, 7) is 0. The lowest BCUT2D eigenvalue weighted by Crippen LogP contribution is -2.18. The monoisotopic (exact) mass is 97.0 g/mol. The molecule has 0 aromatic heterocycles. The topological polar surface area (TPSA) is 57.1 Å². The first-order valence-electron chi connectivity index (χ1n) is 1.71. The SMILES string of the molecule is N#CC1=CNNO1. The van der Waals surface area contributed by atoms with E-state index in [1.54, 1.807) is 6.07 Å². The Labute approximate surface area is 40.3 Å². The van der Waals surface area contributed by atoms with E-state index in [1.165, 1.54) is 6.20 Å². The van der Waals surface area contributed by atoms with Crippen molar-refractivity contribution in [3.05, 3.63) is 12.0 Å². The summed E-state index contributed by atoms with van der Waals surface area (Å²) in [6, 6.07) is 1.78. The summed E-state index contributed by atoms with van der Waals surface area (Å²) < 4.78 is 0. The van der Waals surface area contributed by atoms with E-state index in [0.29, 0.717) is 0 Å². The minimum Gasteiger partial charge on any atom is -0.376 e. The van der Waals surface area contributed by atoms with E-state index in [2.05, 4.69) is 15.9 Å². The van der Waals surface area contributed by atoms with Crippen molar-refractivity contribution in [1.82, 2.24) is 11.0 Å². The molecule has 1 aliphatic rings. The summed E-state index contributed by atoms with van der Waals surface area (Å²) in [5.74, 6) is 0.250. The van der Waals surface area contributed by atoms with Crippen molar-refractivity contribution in [3.8, 4) is 6.07 Å². The number of allylic oxidation sites excluding steroid dienone is 1. The lowest BCUT2D eigenvalue weighted by Gasteiger charge is -1.87. The Kier molecular flexibility index (Phi) is 0.845. The zero-order valence-electron chi connectivity index (χ0n) is 3.43. The van der Waals surface area contributed by atoms with E-state index >= 15 is 0 Å². The quantitative estimate of drug-likeness (QED) is 0.423. The zero-order chi connectivity index (χ0) is 5.11. The zero-order valence-corrected chi connectivity index (χ0v) is 3.43. The highest BCUT2D eigenvalue weighted by Crippen LogP contribution is 1.91. The number of nitriles is 1. The lowest BCUT2D eigenvalue weighted by molar-refractivity contribution is 0.122. The van der Waals surface area contributed by atoms with Gasteiger partial charge in [0.25, 0.3) is 0 Å². The van der Waals surface area contributed by atoms with E-state index < -0.39 is 0 Å². The van der Waals surface area contributed by atoms with Gasteiger partial charge in [0.05, 0.1) is 6.20 Å². The first-order chi connectivity index (χ1) is 3.43. The van der Waals surface area contributed by atoms with Crippen LogP contribution in [-0.2, 0) is 4.84 Å². The summed E-state index contributed by atoms with van der Waals surface area (Å²) in [7, 11) is 0. The van der Waals surface area contributed by atoms with Gasteiger partial charge in [0.15, 0.2) is 0 Å². The summed E-state index contributed by atoms with van der Waals surface area (Å²) >= 11 is 0. The maximum Gasteiger partial charge on any atom is 0.243 e. The second kappa shape index (κ2) is 1.49. The third-order valence-corrected chi connectivity index (χ3v) is 0.533. The van der Waals surface area contributed by atoms with Gasteiger partial charge in [0, 0.05) is 0 Å². The molecule has 0 aromatic carbocycles. The molecular weight excluding hydrogens is 94.1 g/mol. The fourth-order valence-electron chi connectivity index (χ4n) is 0.264. The van der Waals surface area contributed by atoms with E-state index in [0.717, 1.165) is 0 Å². The molecule has 7 heavy (non-hydrogen) atoms. The minimum atomic E-state index is 0.250. The van der Waals surface area contributed by atoms with Crippen molar-refractivity contribution in [2.24, 2.45) is 0 Å². The molecule has 0 radical (unpaired) electrons.